The van der Waals surface area contributed by atoms with E-state index >= 15 is 0 Å². The van der Waals surface area contributed by atoms with Gasteiger partial charge in [0.1, 0.15) is 6.61 Å². The number of halogens is 1. The Kier molecular flexibility index (Phi) is 8.20. The second-order valence-corrected chi connectivity index (χ2v) is 11.3. The highest BCUT2D eigenvalue weighted by molar-refractivity contribution is 9.10. The minimum absolute atomic E-state index is 0.182. The predicted molar refractivity (Wildman–Crippen MR) is 153 cm³/mol. The second-order valence-electron chi connectivity index (χ2n) is 9.48. The Labute approximate surface area is 230 Å². The van der Waals surface area contributed by atoms with E-state index in [2.05, 4.69) is 40.2 Å². The summed E-state index contributed by atoms with van der Waals surface area (Å²) in [6, 6.07) is 18.2. The number of amides is 2. The van der Waals surface area contributed by atoms with Crippen LogP contribution in [0.5, 0.6) is 11.5 Å². The number of carbonyl (C=O) groups excluding carboxylic acids is 2. The van der Waals surface area contributed by atoms with Crippen molar-refractivity contribution in [2.24, 2.45) is 5.92 Å². The van der Waals surface area contributed by atoms with Gasteiger partial charge < -0.3 is 9.47 Å². The van der Waals surface area contributed by atoms with Crippen molar-refractivity contribution in [3.63, 3.8) is 0 Å². The number of carbonyl (C=O) groups is 2. The summed E-state index contributed by atoms with van der Waals surface area (Å²) in [5.41, 5.74) is 1.86. The lowest BCUT2D eigenvalue weighted by molar-refractivity contribution is -0.123. The summed E-state index contributed by atoms with van der Waals surface area (Å²) in [4.78, 5) is 27.6. The Balaban J connectivity index is 1.36. The number of imide groups is 1. The number of hydrogen-bond donors (Lipinski definition) is 0. The van der Waals surface area contributed by atoms with Gasteiger partial charge in [0, 0.05) is 11.0 Å². The van der Waals surface area contributed by atoms with E-state index in [1.54, 1.807) is 6.08 Å². The Bertz CT molecular complexity index is 1340. The molecule has 0 unspecified atom stereocenters. The molecular weight excluding hydrogens is 550 g/mol. The maximum atomic E-state index is 13.1. The third-order valence-corrected chi connectivity index (χ3v) is 8.55. The maximum absolute atomic E-state index is 13.1. The van der Waals surface area contributed by atoms with Gasteiger partial charge in [0.15, 0.2) is 11.5 Å². The van der Waals surface area contributed by atoms with Crippen LogP contribution in [0.1, 0.15) is 50.2 Å². The fourth-order valence-corrected chi connectivity index (χ4v) is 6.32. The summed E-state index contributed by atoms with van der Waals surface area (Å²) >= 11 is 4.65. The van der Waals surface area contributed by atoms with Crippen LogP contribution in [0.3, 0.4) is 0 Å². The van der Waals surface area contributed by atoms with Crippen LogP contribution in [0.2, 0.25) is 0 Å². The zero-order valence-corrected chi connectivity index (χ0v) is 23.3. The first kappa shape index (κ1) is 25.9. The highest BCUT2D eigenvalue weighted by Gasteiger charge is 2.36. The summed E-state index contributed by atoms with van der Waals surface area (Å²) in [7, 11) is 0. The molecule has 1 saturated carbocycles. The summed E-state index contributed by atoms with van der Waals surface area (Å²) in [6.07, 6.45) is 7.55. The van der Waals surface area contributed by atoms with Gasteiger partial charge in [-0.2, -0.15) is 0 Å². The first-order valence-corrected chi connectivity index (χ1v) is 14.5. The van der Waals surface area contributed by atoms with E-state index in [4.69, 9.17) is 9.47 Å². The highest BCUT2D eigenvalue weighted by atomic mass is 79.9. The van der Waals surface area contributed by atoms with Crippen LogP contribution in [0, 0.1) is 5.92 Å². The maximum Gasteiger partial charge on any atom is 0.293 e. The zero-order chi connectivity index (χ0) is 25.8. The molecule has 7 heteroatoms. The molecule has 3 aromatic rings. The molecule has 0 atom stereocenters. The lowest BCUT2D eigenvalue weighted by Gasteiger charge is -2.25. The van der Waals surface area contributed by atoms with E-state index in [9.17, 15) is 9.59 Å². The van der Waals surface area contributed by atoms with Crippen LogP contribution in [0.4, 0.5) is 4.79 Å². The molecule has 5 rings (SSSR count). The molecule has 0 N–H and O–H groups in total. The minimum atomic E-state index is -0.207. The van der Waals surface area contributed by atoms with Gasteiger partial charge in [0.25, 0.3) is 11.1 Å². The molecule has 3 aromatic carbocycles. The number of nitrogens with zero attached hydrogens (tertiary/aromatic N) is 1. The molecule has 2 amide bonds. The van der Waals surface area contributed by atoms with Gasteiger partial charge in [0.05, 0.1) is 11.5 Å². The van der Waals surface area contributed by atoms with E-state index in [0.717, 1.165) is 45.6 Å². The molecule has 1 aliphatic carbocycles. The van der Waals surface area contributed by atoms with E-state index in [0.29, 0.717) is 42.1 Å². The topological polar surface area (TPSA) is 55.8 Å². The molecule has 0 bridgehead atoms. The smallest absolute Gasteiger partial charge is 0.293 e. The second kappa shape index (κ2) is 11.7. The molecule has 0 radical (unpaired) electrons. The van der Waals surface area contributed by atoms with Crippen LogP contribution >= 0.6 is 27.7 Å². The largest absolute Gasteiger partial charge is 0.490 e. The van der Waals surface area contributed by atoms with Crippen molar-refractivity contribution in [1.82, 2.24) is 4.90 Å². The van der Waals surface area contributed by atoms with Crippen molar-refractivity contribution in [2.75, 3.05) is 13.2 Å². The van der Waals surface area contributed by atoms with E-state index in [1.165, 1.54) is 29.5 Å². The Morgan fingerprint density at radius 2 is 1.76 bits per heavy atom. The number of rotatable bonds is 8. The van der Waals surface area contributed by atoms with Crippen molar-refractivity contribution < 1.29 is 19.1 Å². The van der Waals surface area contributed by atoms with Crippen molar-refractivity contribution in [1.29, 1.82) is 0 Å². The van der Waals surface area contributed by atoms with Crippen LogP contribution in [-0.4, -0.2) is 29.2 Å². The van der Waals surface area contributed by atoms with Gasteiger partial charge >= 0.3 is 0 Å². The molecule has 0 aromatic heterocycles. The molecule has 2 aliphatic rings. The summed E-state index contributed by atoms with van der Waals surface area (Å²) in [5, 5.41) is 2.14. The summed E-state index contributed by atoms with van der Waals surface area (Å²) in [5.74, 6) is 1.42. The average molecular weight is 581 g/mol. The van der Waals surface area contributed by atoms with Gasteiger partial charge in [0.2, 0.25) is 0 Å². The average Bonchev–Trinajstić information content (AvgIpc) is 3.17. The first-order valence-electron chi connectivity index (χ1n) is 12.8. The third-order valence-electron chi connectivity index (χ3n) is 6.95. The molecule has 5 nitrogen and oxygen atoms in total. The molecule has 1 saturated heterocycles. The van der Waals surface area contributed by atoms with Crippen LogP contribution < -0.4 is 9.47 Å². The highest BCUT2D eigenvalue weighted by Crippen LogP contribution is 2.39. The van der Waals surface area contributed by atoms with Crippen LogP contribution in [0.25, 0.3) is 16.8 Å². The summed E-state index contributed by atoms with van der Waals surface area (Å²) < 4.78 is 12.9. The number of benzene rings is 3. The fourth-order valence-electron chi connectivity index (χ4n) is 5.04. The monoisotopic (exact) mass is 579 g/mol. The number of fused-ring (bicyclic) bond motifs is 1. The molecule has 1 aliphatic heterocycles. The molecule has 192 valence electrons. The normalized spacial score (nSPS) is 17.7. The molecule has 0 spiro atoms. The predicted octanol–water partition coefficient (Wildman–Crippen LogP) is 8.20. The SMILES string of the molecule is CCOc1cc(/C=C2/SC(=O)N(CC3CCCCC3)C2=O)c(Br)cc1OCc1cccc2ccccc12. The quantitative estimate of drug-likeness (QED) is 0.252. The Morgan fingerprint density at radius 3 is 2.57 bits per heavy atom. The third kappa shape index (κ3) is 5.88. The molecule has 37 heavy (non-hydrogen) atoms. The van der Waals surface area contributed by atoms with Gasteiger partial charge in [-0.15, -0.1) is 0 Å². The van der Waals surface area contributed by atoms with Crippen LogP contribution in [-0.2, 0) is 11.4 Å². The molecule has 1 heterocycles. The van der Waals surface area contributed by atoms with E-state index in [-0.39, 0.29) is 11.1 Å². The minimum Gasteiger partial charge on any atom is -0.490 e. The van der Waals surface area contributed by atoms with E-state index < -0.39 is 0 Å². The Morgan fingerprint density at radius 1 is 1.00 bits per heavy atom. The van der Waals surface area contributed by atoms with Crippen molar-refractivity contribution >= 4 is 55.7 Å². The Hall–Kier alpha value is -2.77. The lowest BCUT2D eigenvalue weighted by atomic mass is 9.89. The zero-order valence-electron chi connectivity index (χ0n) is 20.9. The first-order chi connectivity index (χ1) is 18.0. The van der Waals surface area contributed by atoms with Gasteiger partial charge in [-0.1, -0.05) is 77.7 Å². The van der Waals surface area contributed by atoms with Crippen molar-refractivity contribution in [2.45, 2.75) is 45.6 Å². The van der Waals surface area contributed by atoms with Crippen molar-refractivity contribution in [3.05, 3.63) is 75.1 Å². The molecular formula is C30H30BrNO4S. The molecule has 2 fully saturated rings. The number of ether oxygens (including phenoxy) is 2. The van der Waals surface area contributed by atoms with Crippen LogP contribution in [0.15, 0.2) is 64.0 Å². The number of thioether (sulfide) groups is 1. The van der Waals surface area contributed by atoms with Gasteiger partial charge in [-0.25, -0.2) is 0 Å². The van der Waals surface area contributed by atoms with Gasteiger partial charge in [-0.05, 0) is 77.6 Å². The summed E-state index contributed by atoms with van der Waals surface area (Å²) in [6.45, 7) is 3.32. The number of hydrogen-bond acceptors (Lipinski definition) is 5. The lowest BCUT2D eigenvalue weighted by Crippen LogP contribution is -2.34. The van der Waals surface area contributed by atoms with Gasteiger partial charge in [-0.3, -0.25) is 14.5 Å². The van der Waals surface area contributed by atoms with Crippen molar-refractivity contribution in [3.8, 4) is 11.5 Å². The van der Waals surface area contributed by atoms with E-state index in [1.807, 2.05) is 37.3 Å². The fraction of sp³-hybridized carbons (Fsp3) is 0.333. The standard InChI is InChI=1S/C30H30BrNO4S/c1-2-35-26-15-23(16-28-29(33)32(30(34)37-28)18-20-9-4-3-5-10-20)25(31)17-27(26)36-19-22-13-8-12-21-11-6-7-14-24(21)22/h6-8,11-17,20H,2-5,9-10,18-19H2,1H3/b28-16+.